The van der Waals surface area contributed by atoms with Crippen LogP contribution in [0.1, 0.15) is 44.4 Å². The van der Waals surface area contributed by atoms with E-state index in [4.69, 9.17) is 0 Å². The van der Waals surface area contributed by atoms with Crippen molar-refractivity contribution in [1.82, 2.24) is 10.0 Å². The number of nitrogens with one attached hydrogen (secondary N) is 2. The fraction of sp³-hybridized carbons (Fsp3) is 0.600. The van der Waals surface area contributed by atoms with E-state index in [0.717, 1.165) is 23.2 Å². The van der Waals surface area contributed by atoms with Gasteiger partial charge in [0.1, 0.15) is 0 Å². The standard InChI is InChI=1S/C15H26N2O2S/c1-7-16-10-13-8-11(2)12(3)14(9-13)20(18,19)17-15(4,5)6/h8-9,16-17H,7,10H2,1-6H3. The van der Waals surface area contributed by atoms with E-state index in [2.05, 4.69) is 10.0 Å². The number of sulfonamides is 1. The molecule has 1 aromatic rings. The summed E-state index contributed by atoms with van der Waals surface area (Å²) in [6, 6.07) is 3.80. The fourth-order valence-corrected chi connectivity index (χ4v) is 3.79. The highest BCUT2D eigenvalue weighted by molar-refractivity contribution is 7.89. The lowest BCUT2D eigenvalue weighted by atomic mass is 10.1. The summed E-state index contributed by atoms with van der Waals surface area (Å²) in [5.74, 6) is 0. The van der Waals surface area contributed by atoms with Gasteiger partial charge in [-0.05, 0) is 63.9 Å². The molecule has 2 N–H and O–H groups in total. The van der Waals surface area contributed by atoms with Gasteiger partial charge < -0.3 is 5.32 Å². The molecule has 114 valence electrons. The summed E-state index contributed by atoms with van der Waals surface area (Å²) in [4.78, 5) is 0.375. The second-order valence-corrected chi connectivity index (χ2v) is 7.82. The molecule has 20 heavy (non-hydrogen) atoms. The quantitative estimate of drug-likeness (QED) is 0.878. The fourth-order valence-electron chi connectivity index (χ4n) is 2.01. The van der Waals surface area contributed by atoms with Crippen molar-refractivity contribution in [3.8, 4) is 0 Å². The van der Waals surface area contributed by atoms with Crippen molar-refractivity contribution in [3.05, 3.63) is 28.8 Å². The summed E-state index contributed by atoms with van der Waals surface area (Å²) in [5.41, 5.74) is 2.30. The van der Waals surface area contributed by atoms with Gasteiger partial charge in [0, 0.05) is 12.1 Å². The Morgan fingerprint density at radius 2 is 1.75 bits per heavy atom. The zero-order chi connectivity index (χ0) is 15.6. The molecule has 0 aromatic heterocycles. The first-order valence-electron chi connectivity index (χ1n) is 6.91. The molecule has 1 rings (SSSR count). The Morgan fingerprint density at radius 3 is 2.25 bits per heavy atom. The van der Waals surface area contributed by atoms with Crippen LogP contribution >= 0.6 is 0 Å². The molecule has 4 nitrogen and oxygen atoms in total. The van der Waals surface area contributed by atoms with Crippen LogP contribution in [0.15, 0.2) is 17.0 Å². The second-order valence-electron chi connectivity index (χ2n) is 6.17. The molecule has 0 bridgehead atoms. The summed E-state index contributed by atoms with van der Waals surface area (Å²) in [6.45, 7) is 12.9. The summed E-state index contributed by atoms with van der Waals surface area (Å²) in [7, 11) is -3.50. The molecule has 0 saturated heterocycles. The highest BCUT2D eigenvalue weighted by Gasteiger charge is 2.24. The number of hydrogen-bond donors (Lipinski definition) is 2. The normalized spacial score (nSPS) is 12.7. The van der Waals surface area contributed by atoms with Crippen molar-refractivity contribution in [2.24, 2.45) is 0 Å². The zero-order valence-corrected chi connectivity index (χ0v) is 14.1. The molecule has 0 spiro atoms. The molecule has 0 aliphatic carbocycles. The van der Waals surface area contributed by atoms with Crippen LogP contribution in [0.2, 0.25) is 0 Å². The van der Waals surface area contributed by atoms with Crippen LogP contribution in [-0.2, 0) is 16.6 Å². The first-order valence-corrected chi connectivity index (χ1v) is 8.40. The van der Waals surface area contributed by atoms with Crippen LogP contribution in [0.5, 0.6) is 0 Å². The Kier molecular flexibility index (Phi) is 5.35. The third-order valence-corrected chi connectivity index (χ3v) is 4.87. The van der Waals surface area contributed by atoms with Gasteiger partial charge in [0.2, 0.25) is 10.0 Å². The smallest absolute Gasteiger partial charge is 0.241 e. The van der Waals surface area contributed by atoms with Gasteiger partial charge in [0.15, 0.2) is 0 Å². The molecule has 0 unspecified atom stereocenters. The Bertz CT molecular complexity index is 572. The molecule has 0 radical (unpaired) electrons. The maximum Gasteiger partial charge on any atom is 0.241 e. The SMILES string of the molecule is CCNCc1cc(C)c(C)c(S(=O)(=O)NC(C)(C)C)c1. The van der Waals surface area contributed by atoms with Crippen LogP contribution in [0, 0.1) is 13.8 Å². The molecule has 0 aliphatic rings. The predicted octanol–water partition coefficient (Wildman–Crippen LogP) is 2.49. The van der Waals surface area contributed by atoms with Gasteiger partial charge in [0.05, 0.1) is 4.90 Å². The molecule has 0 saturated carbocycles. The highest BCUT2D eigenvalue weighted by atomic mass is 32.2. The van der Waals surface area contributed by atoms with Crippen LogP contribution in [0.4, 0.5) is 0 Å². The summed E-state index contributed by atoms with van der Waals surface area (Å²) in [6.07, 6.45) is 0. The lowest BCUT2D eigenvalue weighted by Crippen LogP contribution is -2.40. The third kappa shape index (κ3) is 4.58. The second kappa shape index (κ2) is 6.24. The van der Waals surface area contributed by atoms with E-state index in [0.29, 0.717) is 11.4 Å². The maximum atomic E-state index is 12.5. The molecule has 5 heteroatoms. The first kappa shape index (κ1) is 17.1. The number of aryl methyl sites for hydroxylation is 1. The van der Waals surface area contributed by atoms with Crippen molar-refractivity contribution in [1.29, 1.82) is 0 Å². The van der Waals surface area contributed by atoms with Crippen LogP contribution < -0.4 is 10.0 Å². The van der Waals surface area contributed by atoms with Crippen LogP contribution in [0.25, 0.3) is 0 Å². The lowest BCUT2D eigenvalue weighted by Gasteiger charge is -2.22. The molecule has 0 fully saturated rings. The van der Waals surface area contributed by atoms with Gasteiger partial charge in [-0.2, -0.15) is 0 Å². The molecule has 0 amide bonds. The molecule has 1 aromatic carbocycles. The number of rotatable bonds is 5. The Labute approximate surface area is 123 Å². The van der Waals surface area contributed by atoms with Gasteiger partial charge >= 0.3 is 0 Å². The van der Waals surface area contributed by atoms with Gasteiger partial charge in [-0.1, -0.05) is 13.0 Å². The molecule has 0 heterocycles. The largest absolute Gasteiger partial charge is 0.313 e. The van der Waals surface area contributed by atoms with E-state index in [1.54, 1.807) is 6.07 Å². The van der Waals surface area contributed by atoms with E-state index < -0.39 is 15.6 Å². The van der Waals surface area contributed by atoms with Crippen molar-refractivity contribution in [2.75, 3.05) is 6.54 Å². The van der Waals surface area contributed by atoms with Crippen LogP contribution in [0.3, 0.4) is 0 Å². The van der Waals surface area contributed by atoms with Gasteiger partial charge in [0.25, 0.3) is 0 Å². The monoisotopic (exact) mass is 298 g/mol. The Hall–Kier alpha value is -0.910. The van der Waals surface area contributed by atoms with Crippen LogP contribution in [-0.4, -0.2) is 20.5 Å². The van der Waals surface area contributed by atoms with Crippen molar-refractivity contribution in [3.63, 3.8) is 0 Å². The summed E-state index contributed by atoms with van der Waals surface area (Å²) >= 11 is 0. The number of hydrogen-bond acceptors (Lipinski definition) is 3. The minimum Gasteiger partial charge on any atom is -0.313 e. The topological polar surface area (TPSA) is 58.2 Å². The summed E-state index contributed by atoms with van der Waals surface area (Å²) < 4.78 is 27.7. The maximum absolute atomic E-state index is 12.5. The van der Waals surface area contributed by atoms with E-state index in [9.17, 15) is 8.42 Å². The van der Waals surface area contributed by atoms with Crippen molar-refractivity contribution in [2.45, 2.75) is 58.5 Å². The van der Waals surface area contributed by atoms with E-state index >= 15 is 0 Å². The first-order chi connectivity index (χ1) is 9.07. The van der Waals surface area contributed by atoms with Crippen molar-refractivity contribution >= 4 is 10.0 Å². The molecular formula is C15H26N2O2S. The minimum atomic E-state index is -3.50. The zero-order valence-electron chi connectivity index (χ0n) is 13.3. The third-order valence-electron chi connectivity index (χ3n) is 2.99. The minimum absolute atomic E-state index is 0.375. The average Bonchev–Trinajstić information content (AvgIpc) is 2.27. The van der Waals surface area contributed by atoms with Crippen molar-refractivity contribution < 1.29 is 8.42 Å². The molecule has 0 atom stereocenters. The Balaban J connectivity index is 3.26. The van der Waals surface area contributed by atoms with E-state index in [-0.39, 0.29) is 0 Å². The lowest BCUT2D eigenvalue weighted by molar-refractivity contribution is 0.491. The summed E-state index contributed by atoms with van der Waals surface area (Å²) in [5, 5.41) is 3.22. The number of benzene rings is 1. The molecular weight excluding hydrogens is 272 g/mol. The molecule has 0 aliphatic heterocycles. The Morgan fingerprint density at radius 1 is 1.15 bits per heavy atom. The van der Waals surface area contributed by atoms with Gasteiger partial charge in [-0.15, -0.1) is 0 Å². The van der Waals surface area contributed by atoms with E-state index in [1.165, 1.54) is 0 Å². The van der Waals surface area contributed by atoms with E-state index in [1.807, 2.05) is 47.6 Å². The highest BCUT2D eigenvalue weighted by Crippen LogP contribution is 2.22. The van der Waals surface area contributed by atoms with Gasteiger partial charge in [-0.25, -0.2) is 13.1 Å². The van der Waals surface area contributed by atoms with Gasteiger partial charge in [-0.3, -0.25) is 0 Å². The average molecular weight is 298 g/mol. The predicted molar refractivity (Wildman–Crippen MR) is 83.4 cm³/mol.